The van der Waals surface area contributed by atoms with E-state index in [1.54, 1.807) is 0 Å². The zero-order valence-corrected chi connectivity index (χ0v) is 11.9. The van der Waals surface area contributed by atoms with Crippen LogP contribution in [0, 0.1) is 0 Å². The van der Waals surface area contributed by atoms with Gasteiger partial charge in [0.15, 0.2) is 0 Å². The number of nitrogens with one attached hydrogen (secondary N) is 1. The second kappa shape index (κ2) is 6.06. The fourth-order valence-corrected chi connectivity index (χ4v) is 2.75. The highest BCUT2D eigenvalue weighted by molar-refractivity contribution is 9.10. The highest BCUT2D eigenvalue weighted by atomic mass is 79.9. The van der Waals surface area contributed by atoms with Gasteiger partial charge in [-0.05, 0) is 34.5 Å². The van der Waals surface area contributed by atoms with E-state index < -0.39 is 12.0 Å². The van der Waals surface area contributed by atoms with Gasteiger partial charge in [-0.3, -0.25) is 9.59 Å². The number of carbonyl (C=O) groups is 2. The van der Waals surface area contributed by atoms with Crippen molar-refractivity contribution in [3.05, 3.63) is 28.7 Å². The Kier molecular flexibility index (Phi) is 4.42. The van der Waals surface area contributed by atoms with Crippen molar-refractivity contribution in [1.29, 1.82) is 0 Å². The van der Waals surface area contributed by atoms with Gasteiger partial charge in [0.05, 0.1) is 5.69 Å². The van der Waals surface area contributed by atoms with E-state index in [0.29, 0.717) is 19.5 Å². The molecular formula is C13H15BrN2O3. The molecule has 1 aromatic rings. The molecule has 6 heteroatoms. The molecule has 1 aromatic carbocycles. The summed E-state index contributed by atoms with van der Waals surface area (Å²) in [6.45, 7) is 1.25. The van der Waals surface area contributed by atoms with Crippen molar-refractivity contribution in [3.8, 4) is 0 Å². The number of anilines is 1. The molecule has 1 fully saturated rings. The number of aliphatic carboxylic acids is 1. The Bertz CT molecular complexity index is 493. The summed E-state index contributed by atoms with van der Waals surface area (Å²) in [5.74, 6) is -0.992. The Balaban J connectivity index is 2.22. The SMILES string of the molecule is O=C(O)CCC1C(=O)NCCN1c1ccccc1Br. The number of nitrogens with zero attached hydrogens (tertiary/aromatic N) is 1. The Hall–Kier alpha value is -1.56. The molecule has 1 aliphatic rings. The number of amides is 1. The first-order valence-corrected chi connectivity index (χ1v) is 6.89. The molecular weight excluding hydrogens is 312 g/mol. The van der Waals surface area contributed by atoms with E-state index in [1.807, 2.05) is 29.2 Å². The monoisotopic (exact) mass is 326 g/mol. The van der Waals surface area contributed by atoms with Gasteiger partial charge in [0.2, 0.25) is 5.91 Å². The number of carboxylic acid groups (broad SMARTS) is 1. The summed E-state index contributed by atoms with van der Waals surface area (Å²) in [6, 6.07) is 7.22. The maximum atomic E-state index is 11.9. The van der Waals surface area contributed by atoms with E-state index >= 15 is 0 Å². The molecule has 1 unspecified atom stereocenters. The molecule has 1 aliphatic heterocycles. The van der Waals surface area contributed by atoms with Crippen LogP contribution >= 0.6 is 15.9 Å². The number of hydrogen-bond acceptors (Lipinski definition) is 3. The van der Waals surface area contributed by atoms with Crippen molar-refractivity contribution < 1.29 is 14.7 Å². The Morgan fingerprint density at radius 3 is 2.89 bits per heavy atom. The van der Waals surface area contributed by atoms with E-state index in [0.717, 1.165) is 10.2 Å². The predicted octanol–water partition coefficient (Wildman–Crippen LogP) is 1.62. The first kappa shape index (κ1) is 13.9. The van der Waals surface area contributed by atoms with Crippen LogP contribution in [-0.2, 0) is 9.59 Å². The van der Waals surface area contributed by atoms with Crippen LogP contribution in [0.15, 0.2) is 28.7 Å². The van der Waals surface area contributed by atoms with E-state index in [-0.39, 0.29) is 12.3 Å². The lowest BCUT2D eigenvalue weighted by molar-refractivity contribution is -0.137. The highest BCUT2D eigenvalue weighted by Gasteiger charge is 2.30. The second-order valence-corrected chi connectivity index (χ2v) is 5.24. The number of hydrogen-bond donors (Lipinski definition) is 2. The number of carboxylic acids is 1. The summed E-state index contributed by atoms with van der Waals surface area (Å²) in [5.41, 5.74) is 0.924. The molecule has 2 rings (SSSR count). The molecule has 1 amide bonds. The van der Waals surface area contributed by atoms with E-state index in [1.165, 1.54) is 0 Å². The molecule has 19 heavy (non-hydrogen) atoms. The minimum absolute atomic E-state index is 0.0148. The molecule has 1 atom stereocenters. The lowest BCUT2D eigenvalue weighted by Crippen LogP contribution is -2.55. The topological polar surface area (TPSA) is 69.6 Å². The normalized spacial score (nSPS) is 19.1. The molecule has 102 valence electrons. The maximum absolute atomic E-state index is 11.9. The van der Waals surface area contributed by atoms with Gasteiger partial charge in [0, 0.05) is 24.0 Å². The van der Waals surface area contributed by atoms with Crippen LogP contribution in [0.4, 0.5) is 5.69 Å². The third-order valence-corrected chi connectivity index (χ3v) is 3.79. The van der Waals surface area contributed by atoms with Crippen LogP contribution in [0.2, 0.25) is 0 Å². The minimum Gasteiger partial charge on any atom is -0.481 e. The molecule has 0 bridgehead atoms. The Morgan fingerprint density at radius 2 is 2.21 bits per heavy atom. The molecule has 0 saturated carbocycles. The maximum Gasteiger partial charge on any atom is 0.303 e. The highest BCUT2D eigenvalue weighted by Crippen LogP contribution is 2.29. The van der Waals surface area contributed by atoms with Gasteiger partial charge in [-0.2, -0.15) is 0 Å². The third-order valence-electron chi connectivity index (χ3n) is 3.12. The first-order valence-electron chi connectivity index (χ1n) is 6.10. The average Bonchev–Trinajstić information content (AvgIpc) is 2.37. The van der Waals surface area contributed by atoms with Gasteiger partial charge in [-0.15, -0.1) is 0 Å². The summed E-state index contributed by atoms with van der Waals surface area (Å²) >= 11 is 3.47. The second-order valence-electron chi connectivity index (χ2n) is 4.38. The molecule has 2 N–H and O–H groups in total. The van der Waals surface area contributed by atoms with Crippen molar-refractivity contribution in [2.45, 2.75) is 18.9 Å². The van der Waals surface area contributed by atoms with Crippen molar-refractivity contribution >= 4 is 33.5 Å². The van der Waals surface area contributed by atoms with Crippen molar-refractivity contribution in [3.63, 3.8) is 0 Å². The van der Waals surface area contributed by atoms with Gasteiger partial charge in [0.25, 0.3) is 0 Å². The lowest BCUT2D eigenvalue weighted by atomic mass is 10.1. The zero-order valence-electron chi connectivity index (χ0n) is 10.3. The Morgan fingerprint density at radius 1 is 1.47 bits per heavy atom. The number of piperazine rings is 1. The number of benzene rings is 1. The number of halogens is 1. The smallest absolute Gasteiger partial charge is 0.303 e. The number of rotatable bonds is 4. The van der Waals surface area contributed by atoms with Gasteiger partial charge in [-0.1, -0.05) is 12.1 Å². The summed E-state index contributed by atoms with van der Waals surface area (Å²) < 4.78 is 0.907. The van der Waals surface area contributed by atoms with Gasteiger partial charge < -0.3 is 15.3 Å². The summed E-state index contributed by atoms with van der Waals surface area (Å²) in [7, 11) is 0. The van der Waals surface area contributed by atoms with Crippen molar-refractivity contribution in [2.24, 2.45) is 0 Å². The van der Waals surface area contributed by atoms with E-state index in [4.69, 9.17) is 5.11 Å². The molecule has 1 saturated heterocycles. The largest absolute Gasteiger partial charge is 0.481 e. The summed E-state index contributed by atoms with van der Waals surface area (Å²) in [5, 5.41) is 11.6. The van der Waals surface area contributed by atoms with Crippen LogP contribution in [-0.4, -0.2) is 36.1 Å². The molecule has 0 aliphatic carbocycles. The molecule has 0 radical (unpaired) electrons. The molecule has 5 nitrogen and oxygen atoms in total. The molecule has 0 aromatic heterocycles. The van der Waals surface area contributed by atoms with Gasteiger partial charge in [-0.25, -0.2) is 0 Å². The van der Waals surface area contributed by atoms with Gasteiger partial charge >= 0.3 is 5.97 Å². The van der Waals surface area contributed by atoms with Gasteiger partial charge in [0.1, 0.15) is 6.04 Å². The Labute approximate surface area is 119 Å². The minimum atomic E-state index is -0.884. The van der Waals surface area contributed by atoms with Crippen LogP contribution in [0.25, 0.3) is 0 Å². The fourth-order valence-electron chi connectivity index (χ4n) is 2.23. The van der Waals surface area contributed by atoms with Crippen molar-refractivity contribution in [2.75, 3.05) is 18.0 Å². The van der Waals surface area contributed by atoms with Crippen LogP contribution in [0.1, 0.15) is 12.8 Å². The predicted molar refractivity (Wildman–Crippen MR) is 75.2 cm³/mol. The van der Waals surface area contributed by atoms with Crippen molar-refractivity contribution in [1.82, 2.24) is 5.32 Å². The van der Waals surface area contributed by atoms with Crippen LogP contribution in [0.3, 0.4) is 0 Å². The van der Waals surface area contributed by atoms with Crippen LogP contribution in [0.5, 0.6) is 0 Å². The average molecular weight is 327 g/mol. The molecule has 1 heterocycles. The third kappa shape index (κ3) is 3.26. The zero-order chi connectivity index (χ0) is 13.8. The van der Waals surface area contributed by atoms with E-state index in [9.17, 15) is 9.59 Å². The first-order chi connectivity index (χ1) is 9.09. The standard InChI is InChI=1S/C13H15BrN2O3/c14-9-3-1-2-4-10(9)16-8-7-15-13(19)11(16)5-6-12(17)18/h1-4,11H,5-8H2,(H,15,19)(H,17,18). The fraction of sp³-hybridized carbons (Fsp3) is 0.385. The quantitative estimate of drug-likeness (QED) is 0.882. The van der Waals surface area contributed by atoms with E-state index in [2.05, 4.69) is 21.2 Å². The lowest BCUT2D eigenvalue weighted by Gasteiger charge is -2.37. The molecule has 0 spiro atoms. The number of para-hydroxylation sites is 1. The summed E-state index contributed by atoms with van der Waals surface area (Å²) in [4.78, 5) is 24.6. The number of carbonyl (C=O) groups excluding carboxylic acids is 1. The summed E-state index contributed by atoms with van der Waals surface area (Å²) in [6.07, 6.45) is 0.293. The van der Waals surface area contributed by atoms with Crippen LogP contribution < -0.4 is 10.2 Å².